The molecular weight excluding hydrogens is 398 g/mol. The van der Waals surface area contributed by atoms with Crippen LogP contribution in [0.1, 0.15) is 41.6 Å². The van der Waals surface area contributed by atoms with Gasteiger partial charge >= 0.3 is 0 Å². The lowest BCUT2D eigenvalue weighted by Crippen LogP contribution is -2.23. The first-order valence-corrected chi connectivity index (χ1v) is 11.5. The van der Waals surface area contributed by atoms with E-state index in [1.165, 1.54) is 29.5 Å². The molecule has 5 heteroatoms. The molecule has 1 saturated carbocycles. The predicted molar refractivity (Wildman–Crippen MR) is 126 cm³/mol. The minimum Gasteiger partial charge on any atom is -0.489 e. The van der Waals surface area contributed by atoms with Crippen molar-refractivity contribution in [3.05, 3.63) is 64.8 Å². The Morgan fingerprint density at radius 2 is 1.91 bits per heavy atom. The van der Waals surface area contributed by atoms with Gasteiger partial charge in [-0.3, -0.25) is 4.98 Å². The zero-order valence-electron chi connectivity index (χ0n) is 18.8. The standard InChI is InChI=1S/C27H29N3O2/c1-18-11-25-26(13-22(18)17-32-23-7-5-20(14-28)6-8-23)29-19(2)12-27(25)30-10-9-24(15-30)31-16-21-3-4-21/h5-8,11-13,21,24H,3-4,9-10,15-17H2,1-2H3/t24-/m0/s1. The first-order chi connectivity index (χ1) is 15.6. The number of hydrogen-bond acceptors (Lipinski definition) is 5. The van der Waals surface area contributed by atoms with E-state index in [1.54, 1.807) is 12.1 Å². The third-order valence-corrected chi connectivity index (χ3v) is 6.50. The molecule has 0 spiro atoms. The summed E-state index contributed by atoms with van der Waals surface area (Å²) >= 11 is 0. The van der Waals surface area contributed by atoms with Gasteiger partial charge in [-0.25, -0.2) is 0 Å². The van der Waals surface area contributed by atoms with Crippen LogP contribution < -0.4 is 9.64 Å². The Labute approximate surface area is 189 Å². The second-order valence-electron chi connectivity index (χ2n) is 9.14. The highest BCUT2D eigenvalue weighted by molar-refractivity contribution is 5.93. The van der Waals surface area contributed by atoms with Crippen molar-refractivity contribution in [2.75, 3.05) is 24.6 Å². The molecule has 0 radical (unpaired) electrons. The number of rotatable bonds is 7. The van der Waals surface area contributed by atoms with Gasteiger partial charge in [0.2, 0.25) is 0 Å². The van der Waals surface area contributed by atoms with Gasteiger partial charge in [-0.05, 0) is 92.6 Å². The van der Waals surface area contributed by atoms with Crippen LogP contribution in [0.4, 0.5) is 5.69 Å². The van der Waals surface area contributed by atoms with Crippen LogP contribution in [0.5, 0.6) is 5.75 Å². The molecule has 1 atom stereocenters. The third kappa shape index (κ3) is 4.56. The first kappa shape index (κ1) is 20.8. The summed E-state index contributed by atoms with van der Waals surface area (Å²) in [6.07, 6.45) is 4.09. The summed E-state index contributed by atoms with van der Waals surface area (Å²) < 4.78 is 12.1. The molecule has 2 fully saturated rings. The number of benzene rings is 2. The molecule has 0 bridgehead atoms. The van der Waals surface area contributed by atoms with Gasteiger partial charge in [0.1, 0.15) is 12.4 Å². The highest BCUT2D eigenvalue weighted by Crippen LogP contribution is 2.34. The van der Waals surface area contributed by atoms with Crippen molar-refractivity contribution < 1.29 is 9.47 Å². The van der Waals surface area contributed by atoms with Gasteiger partial charge in [0, 0.05) is 36.5 Å². The molecule has 2 heterocycles. The Hall–Kier alpha value is -3.10. The van der Waals surface area contributed by atoms with Gasteiger partial charge in [0.25, 0.3) is 0 Å². The van der Waals surface area contributed by atoms with Crippen LogP contribution in [-0.4, -0.2) is 30.8 Å². The fourth-order valence-electron chi connectivity index (χ4n) is 4.38. The summed E-state index contributed by atoms with van der Waals surface area (Å²) in [5.41, 5.74) is 6.24. The minimum absolute atomic E-state index is 0.334. The topological polar surface area (TPSA) is 58.4 Å². The number of aromatic nitrogens is 1. The first-order valence-electron chi connectivity index (χ1n) is 11.5. The Kier molecular flexibility index (Phi) is 5.71. The van der Waals surface area contributed by atoms with Gasteiger partial charge < -0.3 is 14.4 Å². The summed E-state index contributed by atoms with van der Waals surface area (Å²) in [5.74, 6) is 1.57. The number of fused-ring (bicyclic) bond motifs is 1. The highest BCUT2D eigenvalue weighted by Gasteiger charge is 2.28. The van der Waals surface area contributed by atoms with E-state index in [2.05, 4.69) is 43.0 Å². The maximum atomic E-state index is 8.95. The lowest BCUT2D eigenvalue weighted by Gasteiger charge is -2.22. The van der Waals surface area contributed by atoms with E-state index in [1.807, 2.05) is 12.1 Å². The highest BCUT2D eigenvalue weighted by atomic mass is 16.5. The van der Waals surface area contributed by atoms with E-state index in [4.69, 9.17) is 19.7 Å². The van der Waals surface area contributed by atoms with Crippen LogP contribution in [0, 0.1) is 31.1 Å². The van der Waals surface area contributed by atoms with E-state index >= 15 is 0 Å². The van der Waals surface area contributed by atoms with Crippen molar-refractivity contribution in [1.82, 2.24) is 4.98 Å². The van der Waals surface area contributed by atoms with Crippen molar-refractivity contribution in [2.45, 2.75) is 45.8 Å². The van der Waals surface area contributed by atoms with E-state index in [-0.39, 0.29) is 0 Å². The minimum atomic E-state index is 0.334. The maximum Gasteiger partial charge on any atom is 0.119 e. The second kappa shape index (κ2) is 8.80. The van der Waals surface area contributed by atoms with Crippen LogP contribution in [0.3, 0.4) is 0 Å². The van der Waals surface area contributed by atoms with E-state index in [0.717, 1.165) is 54.6 Å². The van der Waals surface area contributed by atoms with Crippen LogP contribution in [0.15, 0.2) is 42.5 Å². The maximum absolute atomic E-state index is 8.95. The third-order valence-electron chi connectivity index (χ3n) is 6.50. The normalized spacial score (nSPS) is 18.2. The number of pyridine rings is 1. The van der Waals surface area contributed by atoms with Crippen LogP contribution in [-0.2, 0) is 11.3 Å². The Morgan fingerprint density at radius 3 is 2.66 bits per heavy atom. The molecule has 5 rings (SSSR count). The number of nitrogens with zero attached hydrogens (tertiary/aromatic N) is 3. The summed E-state index contributed by atoms with van der Waals surface area (Å²) in [6, 6.07) is 16.0. The van der Waals surface area contributed by atoms with E-state index in [9.17, 15) is 0 Å². The quantitative estimate of drug-likeness (QED) is 0.512. The average molecular weight is 428 g/mol. The molecule has 2 aromatic carbocycles. The van der Waals surface area contributed by atoms with Crippen LogP contribution >= 0.6 is 0 Å². The monoisotopic (exact) mass is 427 g/mol. The van der Waals surface area contributed by atoms with Crippen LogP contribution in [0.2, 0.25) is 0 Å². The predicted octanol–water partition coefficient (Wildman–Crippen LogP) is 5.31. The Bertz CT molecular complexity index is 1160. The zero-order valence-corrected chi connectivity index (χ0v) is 18.8. The lowest BCUT2D eigenvalue weighted by molar-refractivity contribution is 0.0605. The fourth-order valence-corrected chi connectivity index (χ4v) is 4.38. The number of hydrogen-bond donors (Lipinski definition) is 0. The number of anilines is 1. The van der Waals surface area contributed by atoms with E-state index in [0.29, 0.717) is 18.3 Å². The molecule has 1 saturated heterocycles. The summed E-state index contributed by atoms with van der Waals surface area (Å²) in [7, 11) is 0. The molecular formula is C27H29N3O2. The van der Waals surface area contributed by atoms with Crippen molar-refractivity contribution in [3.8, 4) is 11.8 Å². The number of aryl methyl sites for hydroxylation is 2. The molecule has 1 aromatic heterocycles. The molecule has 164 valence electrons. The summed E-state index contributed by atoms with van der Waals surface area (Å²) in [4.78, 5) is 7.28. The summed E-state index contributed by atoms with van der Waals surface area (Å²) in [6.45, 7) is 7.57. The molecule has 0 N–H and O–H groups in total. The van der Waals surface area contributed by atoms with Gasteiger partial charge in [-0.1, -0.05) is 0 Å². The van der Waals surface area contributed by atoms with Crippen molar-refractivity contribution >= 4 is 16.6 Å². The van der Waals surface area contributed by atoms with Crippen molar-refractivity contribution in [1.29, 1.82) is 5.26 Å². The number of nitriles is 1. The van der Waals surface area contributed by atoms with Gasteiger partial charge in [-0.2, -0.15) is 5.26 Å². The van der Waals surface area contributed by atoms with Crippen LogP contribution in [0.25, 0.3) is 10.9 Å². The largest absolute Gasteiger partial charge is 0.489 e. The molecule has 1 aliphatic heterocycles. The smallest absolute Gasteiger partial charge is 0.119 e. The number of ether oxygens (including phenoxy) is 2. The zero-order chi connectivity index (χ0) is 22.1. The van der Waals surface area contributed by atoms with Crippen molar-refractivity contribution in [2.24, 2.45) is 5.92 Å². The summed E-state index contributed by atoms with van der Waals surface area (Å²) in [5, 5.41) is 10.1. The van der Waals surface area contributed by atoms with E-state index < -0.39 is 0 Å². The SMILES string of the molecule is Cc1cc(N2CC[C@H](OCC3CC3)C2)c2cc(C)c(COc3ccc(C#N)cc3)cc2n1. The average Bonchev–Trinajstić information content (AvgIpc) is 3.52. The molecule has 0 unspecified atom stereocenters. The fraction of sp³-hybridized carbons (Fsp3) is 0.407. The Morgan fingerprint density at radius 1 is 1.09 bits per heavy atom. The molecule has 2 aliphatic rings. The van der Waals surface area contributed by atoms with Gasteiger partial charge in [0.05, 0.1) is 23.3 Å². The second-order valence-corrected chi connectivity index (χ2v) is 9.14. The molecule has 0 amide bonds. The van der Waals surface area contributed by atoms with Crippen molar-refractivity contribution in [3.63, 3.8) is 0 Å². The molecule has 5 nitrogen and oxygen atoms in total. The van der Waals surface area contributed by atoms with Gasteiger partial charge in [-0.15, -0.1) is 0 Å². The molecule has 1 aliphatic carbocycles. The Balaban J connectivity index is 1.35. The molecule has 3 aromatic rings. The van der Waals surface area contributed by atoms with Gasteiger partial charge in [0.15, 0.2) is 0 Å². The lowest BCUT2D eigenvalue weighted by atomic mass is 10.0. The molecule has 32 heavy (non-hydrogen) atoms.